The van der Waals surface area contributed by atoms with Crippen molar-refractivity contribution in [2.45, 2.75) is 19.4 Å². The minimum Gasteiger partial charge on any atom is -0.496 e. The molecular formula is C13H14BrNO2S. The molecule has 1 unspecified atom stereocenters. The monoisotopic (exact) mass is 327 g/mol. The molecule has 0 saturated heterocycles. The quantitative estimate of drug-likeness (QED) is 0.934. The minimum absolute atomic E-state index is 0.502. The zero-order chi connectivity index (χ0) is 13.1. The fraction of sp³-hybridized carbons (Fsp3) is 0.308. The average molecular weight is 328 g/mol. The van der Waals surface area contributed by atoms with E-state index in [-0.39, 0.29) is 0 Å². The average Bonchev–Trinajstić information content (AvgIpc) is 2.76. The van der Waals surface area contributed by atoms with Gasteiger partial charge in [-0.05, 0) is 40.5 Å². The predicted molar refractivity (Wildman–Crippen MR) is 76.2 cm³/mol. The van der Waals surface area contributed by atoms with Crippen LogP contribution in [0.3, 0.4) is 0 Å². The van der Waals surface area contributed by atoms with E-state index < -0.39 is 6.10 Å². The lowest BCUT2D eigenvalue weighted by Gasteiger charge is -2.11. The first-order valence-corrected chi connectivity index (χ1v) is 7.19. The predicted octanol–water partition coefficient (Wildman–Crippen LogP) is 3.50. The van der Waals surface area contributed by atoms with Crippen LogP contribution >= 0.6 is 27.3 Å². The van der Waals surface area contributed by atoms with Gasteiger partial charge in [0, 0.05) is 6.42 Å². The molecule has 0 amide bonds. The number of halogens is 1. The third-order valence-electron chi connectivity index (χ3n) is 2.73. The summed E-state index contributed by atoms with van der Waals surface area (Å²) in [5.41, 5.74) is 3.72. The number of aryl methyl sites for hydroxylation is 1. The molecule has 0 bridgehead atoms. The van der Waals surface area contributed by atoms with Gasteiger partial charge in [0.1, 0.15) is 5.75 Å². The molecule has 0 fully saturated rings. The summed E-state index contributed by atoms with van der Waals surface area (Å²) >= 11 is 4.94. The Bertz CT molecular complexity index is 542. The van der Waals surface area contributed by atoms with Gasteiger partial charge in [-0.2, -0.15) is 0 Å². The second-order valence-electron chi connectivity index (χ2n) is 3.99. The molecule has 5 heteroatoms. The topological polar surface area (TPSA) is 42.4 Å². The summed E-state index contributed by atoms with van der Waals surface area (Å²) in [4.78, 5) is 5.09. The van der Waals surface area contributed by atoms with Crippen LogP contribution in [0.5, 0.6) is 5.75 Å². The fourth-order valence-electron chi connectivity index (χ4n) is 1.78. The number of methoxy groups -OCH3 is 1. The summed E-state index contributed by atoms with van der Waals surface area (Å²) in [5, 5.41) is 10.2. The van der Waals surface area contributed by atoms with Crippen molar-refractivity contribution in [3.8, 4) is 5.75 Å². The van der Waals surface area contributed by atoms with Crippen molar-refractivity contribution < 1.29 is 9.84 Å². The van der Waals surface area contributed by atoms with E-state index >= 15 is 0 Å². The Morgan fingerprint density at radius 2 is 2.28 bits per heavy atom. The molecule has 1 aromatic heterocycles. The highest BCUT2D eigenvalue weighted by molar-refractivity contribution is 9.10. The number of benzene rings is 1. The van der Waals surface area contributed by atoms with E-state index in [1.165, 1.54) is 11.3 Å². The van der Waals surface area contributed by atoms with Crippen LogP contribution in [-0.2, 0) is 6.42 Å². The van der Waals surface area contributed by atoms with Crippen LogP contribution in [0.15, 0.2) is 28.2 Å². The first kappa shape index (κ1) is 13.5. The van der Waals surface area contributed by atoms with Crippen molar-refractivity contribution in [1.29, 1.82) is 0 Å². The second-order valence-corrected chi connectivity index (χ2v) is 5.73. The standard InChI is InChI=1S/C13H14BrNO2S/c1-8-13(18-7-15-8)11(16)6-9-3-4-12(17-2)10(14)5-9/h3-5,7,11,16H,6H2,1-2H3. The third-order valence-corrected chi connectivity index (χ3v) is 4.38. The van der Waals surface area contributed by atoms with Crippen LogP contribution in [0.2, 0.25) is 0 Å². The number of aromatic nitrogens is 1. The van der Waals surface area contributed by atoms with E-state index in [9.17, 15) is 5.11 Å². The van der Waals surface area contributed by atoms with Crippen molar-refractivity contribution >= 4 is 27.3 Å². The van der Waals surface area contributed by atoms with Gasteiger partial charge in [0.15, 0.2) is 0 Å². The lowest BCUT2D eigenvalue weighted by Crippen LogP contribution is -2.01. The van der Waals surface area contributed by atoms with Crippen molar-refractivity contribution in [1.82, 2.24) is 4.98 Å². The zero-order valence-electron chi connectivity index (χ0n) is 10.2. The van der Waals surface area contributed by atoms with Crippen LogP contribution < -0.4 is 4.74 Å². The summed E-state index contributed by atoms with van der Waals surface area (Å²) in [5.74, 6) is 0.794. The molecule has 0 spiro atoms. The number of aliphatic hydroxyl groups excluding tert-OH is 1. The van der Waals surface area contributed by atoms with E-state index in [0.29, 0.717) is 6.42 Å². The van der Waals surface area contributed by atoms with Gasteiger partial charge in [-0.3, -0.25) is 0 Å². The van der Waals surface area contributed by atoms with Crippen LogP contribution in [0.4, 0.5) is 0 Å². The number of hydrogen-bond donors (Lipinski definition) is 1. The van der Waals surface area contributed by atoms with Gasteiger partial charge in [-0.25, -0.2) is 4.98 Å². The van der Waals surface area contributed by atoms with Crippen LogP contribution in [0, 0.1) is 6.92 Å². The lowest BCUT2D eigenvalue weighted by molar-refractivity contribution is 0.181. The Morgan fingerprint density at radius 1 is 1.50 bits per heavy atom. The summed E-state index contributed by atoms with van der Waals surface area (Å²) in [6, 6.07) is 5.83. The third kappa shape index (κ3) is 2.91. The van der Waals surface area contributed by atoms with Crippen molar-refractivity contribution in [3.63, 3.8) is 0 Å². The van der Waals surface area contributed by atoms with Gasteiger partial charge in [0.2, 0.25) is 0 Å². The van der Waals surface area contributed by atoms with E-state index in [0.717, 1.165) is 26.4 Å². The molecule has 0 saturated carbocycles. The number of nitrogens with zero attached hydrogens (tertiary/aromatic N) is 1. The molecule has 1 N–H and O–H groups in total. The number of rotatable bonds is 4. The highest BCUT2D eigenvalue weighted by Crippen LogP contribution is 2.29. The second kappa shape index (κ2) is 5.82. The van der Waals surface area contributed by atoms with Crippen molar-refractivity contribution in [2.75, 3.05) is 7.11 Å². The summed E-state index contributed by atoms with van der Waals surface area (Å²) in [6.07, 6.45) is 0.0730. The van der Waals surface area contributed by atoms with E-state index in [1.54, 1.807) is 12.6 Å². The van der Waals surface area contributed by atoms with Gasteiger partial charge >= 0.3 is 0 Å². The Morgan fingerprint density at radius 3 is 2.83 bits per heavy atom. The van der Waals surface area contributed by atoms with Gasteiger partial charge < -0.3 is 9.84 Å². The lowest BCUT2D eigenvalue weighted by atomic mass is 10.1. The highest BCUT2D eigenvalue weighted by atomic mass is 79.9. The van der Waals surface area contributed by atoms with Crippen LogP contribution in [-0.4, -0.2) is 17.2 Å². The smallest absolute Gasteiger partial charge is 0.133 e. The number of aliphatic hydroxyl groups is 1. The zero-order valence-corrected chi connectivity index (χ0v) is 12.6. The van der Waals surface area contributed by atoms with Gasteiger partial charge in [-0.15, -0.1) is 11.3 Å². The molecule has 3 nitrogen and oxygen atoms in total. The SMILES string of the molecule is COc1ccc(CC(O)c2scnc2C)cc1Br. The van der Waals surface area contributed by atoms with Crippen molar-refractivity contribution in [3.05, 3.63) is 44.3 Å². The molecular weight excluding hydrogens is 314 g/mol. The first-order chi connectivity index (χ1) is 8.61. The molecule has 1 heterocycles. The Hall–Kier alpha value is -0.910. The van der Waals surface area contributed by atoms with E-state index in [1.807, 2.05) is 25.1 Å². The number of thiazole rings is 1. The van der Waals surface area contributed by atoms with Crippen LogP contribution in [0.25, 0.3) is 0 Å². The summed E-state index contributed by atoms with van der Waals surface area (Å²) in [7, 11) is 1.63. The van der Waals surface area contributed by atoms with Gasteiger partial charge in [0.05, 0.1) is 33.8 Å². The van der Waals surface area contributed by atoms with Crippen molar-refractivity contribution in [2.24, 2.45) is 0 Å². The Balaban J connectivity index is 2.15. The minimum atomic E-state index is -0.502. The molecule has 0 aliphatic carbocycles. The largest absolute Gasteiger partial charge is 0.496 e. The first-order valence-electron chi connectivity index (χ1n) is 5.52. The number of hydrogen-bond acceptors (Lipinski definition) is 4. The molecule has 0 aliphatic rings. The fourth-order valence-corrected chi connectivity index (χ4v) is 3.16. The number of ether oxygens (including phenoxy) is 1. The van der Waals surface area contributed by atoms with E-state index in [4.69, 9.17) is 4.74 Å². The molecule has 0 radical (unpaired) electrons. The molecule has 2 rings (SSSR count). The summed E-state index contributed by atoms with van der Waals surface area (Å²) < 4.78 is 6.08. The molecule has 1 aromatic carbocycles. The maximum atomic E-state index is 10.2. The van der Waals surface area contributed by atoms with Crippen LogP contribution in [0.1, 0.15) is 22.2 Å². The van der Waals surface area contributed by atoms with Gasteiger partial charge in [0.25, 0.3) is 0 Å². The Kier molecular flexibility index (Phi) is 4.37. The van der Waals surface area contributed by atoms with E-state index in [2.05, 4.69) is 20.9 Å². The van der Waals surface area contributed by atoms with Gasteiger partial charge in [-0.1, -0.05) is 6.07 Å². The molecule has 0 aliphatic heterocycles. The molecule has 18 heavy (non-hydrogen) atoms. The Labute approximate surface area is 119 Å². The molecule has 96 valence electrons. The maximum Gasteiger partial charge on any atom is 0.133 e. The summed E-state index contributed by atoms with van der Waals surface area (Å²) in [6.45, 7) is 1.92. The highest BCUT2D eigenvalue weighted by Gasteiger charge is 2.14. The molecule has 2 aromatic rings. The maximum absolute atomic E-state index is 10.2. The normalized spacial score (nSPS) is 12.4. The molecule has 1 atom stereocenters.